The monoisotopic (exact) mass is 226 g/mol. The van der Waals surface area contributed by atoms with Crippen molar-refractivity contribution >= 4 is 11.6 Å². The number of nitrogens with two attached hydrogens (primary N) is 1. The lowest BCUT2D eigenvalue weighted by atomic mass is 10.1. The molecule has 0 aromatic carbocycles. The minimum Gasteiger partial charge on any atom is -0.396 e. The molecular weight excluding hydrogens is 208 g/mol. The fourth-order valence-corrected chi connectivity index (χ4v) is 1.52. The maximum Gasteiger partial charge on any atom is 0.271 e. The zero-order chi connectivity index (χ0) is 12.1. The molecule has 1 atom stereocenters. The summed E-state index contributed by atoms with van der Waals surface area (Å²) < 4.78 is 1.44. The zero-order valence-electron chi connectivity index (χ0n) is 9.60. The Bertz CT molecular complexity index is 342. The summed E-state index contributed by atoms with van der Waals surface area (Å²) in [6.07, 6.45) is 2.76. The molecule has 0 aliphatic carbocycles. The van der Waals surface area contributed by atoms with Crippen LogP contribution in [-0.4, -0.2) is 33.4 Å². The first kappa shape index (κ1) is 12.5. The standard InChI is InChI=1S/C10H18N4O2/c1-3-7(4-5-15)13-10(16)9-8(11)6-12-14(9)2/h6-7,15H,3-5,11H2,1-2H3,(H,13,16). The van der Waals surface area contributed by atoms with Crippen molar-refractivity contribution < 1.29 is 9.90 Å². The van der Waals surface area contributed by atoms with Gasteiger partial charge in [0.25, 0.3) is 5.91 Å². The van der Waals surface area contributed by atoms with Gasteiger partial charge in [-0.3, -0.25) is 9.48 Å². The molecule has 0 aliphatic rings. The Morgan fingerprint density at radius 1 is 1.75 bits per heavy atom. The molecule has 0 fully saturated rings. The molecule has 1 unspecified atom stereocenters. The number of aryl methyl sites for hydroxylation is 1. The average molecular weight is 226 g/mol. The van der Waals surface area contributed by atoms with Crippen LogP contribution in [0, 0.1) is 0 Å². The van der Waals surface area contributed by atoms with E-state index in [-0.39, 0.29) is 18.6 Å². The Morgan fingerprint density at radius 3 is 2.88 bits per heavy atom. The number of nitrogen functional groups attached to an aromatic ring is 1. The number of anilines is 1. The molecule has 0 spiro atoms. The molecule has 1 aromatic heterocycles. The smallest absolute Gasteiger partial charge is 0.271 e. The third-order valence-electron chi connectivity index (χ3n) is 2.49. The van der Waals surface area contributed by atoms with Gasteiger partial charge < -0.3 is 16.2 Å². The van der Waals surface area contributed by atoms with Crippen molar-refractivity contribution in [2.75, 3.05) is 12.3 Å². The van der Waals surface area contributed by atoms with Gasteiger partial charge in [-0.05, 0) is 12.8 Å². The topological polar surface area (TPSA) is 93.2 Å². The lowest BCUT2D eigenvalue weighted by Gasteiger charge is -2.15. The van der Waals surface area contributed by atoms with Crippen LogP contribution in [0.15, 0.2) is 6.20 Å². The van der Waals surface area contributed by atoms with Crippen molar-refractivity contribution in [1.82, 2.24) is 15.1 Å². The third-order valence-corrected chi connectivity index (χ3v) is 2.49. The van der Waals surface area contributed by atoms with E-state index in [9.17, 15) is 4.79 Å². The van der Waals surface area contributed by atoms with Gasteiger partial charge in [0.1, 0.15) is 5.69 Å². The van der Waals surface area contributed by atoms with E-state index in [4.69, 9.17) is 10.8 Å². The van der Waals surface area contributed by atoms with Crippen molar-refractivity contribution in [1.29, 1.82) is 0 Å². The molecule has 1 rings (SSSR count). The van der Waals surface area contributed by atoms with Crippen LogP contribution >= 0.6 is 0 Å². The molecule has 1 heterocycles. The molecule has 90 valence electrons. The minimum absolute atomic E-state index is 0.0354. The highest BCUT2D eigenvalue weighted by Crippen LogP contribution is 2.09. The van der Waals surface area contributed by atoms with Gasteiger partial charge in [0.2, 0.25) is 0 Å². The van der Waals surface area contributed by atoms with Crippen LogP contribution in [0.25, 0.3) is 0 Å². The number of amides is 1. The van der Waals surface area contributed by atoms with E-state index in [2.05, 4.69) is 10.4 Å². The second-order valence-electron chi connectivity index (χ2n) is 3.66. The van der Waals surface area contributed by atoms with E-state index in [1.807, 2.05) is 6.92 Å². The average Bonchev–Trinajstić information content (AvgIpc) is 2.57. The van der Waals surface area contributed by atoms with Gasteiger partial charge in [-0.1, -0.05) is 6.92 Å². The number of nitrogens with zero attached hydrogens (tertiary/aromatic N) is 2. The van der Waals surface area contributed by atoms with Gasteiger partial charge in [-0.15, -0.1) is 0 Å². The van der Waals surface area contributed by atoms with Gasteiger partial charge in [-0.25, -0.2) is 0 Å². The predicted octanol–water partition coefficient (Wildman–Crippen LogP) is -0.107. The molecule has 0 radical (unpaired) electrons. The van der Waals surface area contributed by atoms with Gasteiger partial charge in [0.05, 0.1) is 11.9 Å². The highest BCUT2D eigenvalue weighted by Gasteiger charge is 2.17. The lowest BCUT2D eigenvalue weighted by Crippen LogP contribution is -2.36. The van der Waals surface area contributed by atoms with Crippen LogP contribution in [0.1, 0.15) is 30.3 Å². The quantitative estimate of drug-likeness (QED) is 0.653. The van der Waals surface area contributed by atoms with E-state index < -0.39 is 0 Å². The van der Waals surface area contributed by atoms with Crippen LogP contribution < -0.4 is 11.1 Å². The summed E-state index contributed by atoms with van der Waals surface area (Å²) in [5.41, 5.74) is 6.36. The van der Waals surface area contributed by atoms with E-state index in [0.717, 1.165) is 6.42 Å². The predicted molar refractivity (Wildman–Crippen MR) is 60.9 cm³/mol. The van der Waals surface area contributed by atoms with Crippen molar-refractivity contribution in [3.05, 3.63) is 11.9 Å². The molecule has 0 saturated heterocycles. The maximum atomic E-state index is 11.9. The molecule has 0 aliphatic heterocycles. The second kappa shape index (κ2) is 5.50. The Morgan fingerprint density at radius 2 is 2.44 bits per heavy atom. The minimum atomic E-state index is -0.252. The summed E-state index contributed by atoms with van der Waals surface area (Å²) >= 11 is 0. The Balaban J connectivity index is 2.71. The highest BCUT2D eigenvalue weighted by molar-refractivity contribution is 5.97. The molecular formula is C10H18N4O2. The largest absolute Gasteiger partial charge is 0.396 e. The van der Waals surface area contributed by atoms with Gasteiger partial charge in [0.15, 0.2) is 0 Å². The first-order valence-corrected chi connectivity index (χ1v) is 5.29. The number of hydrogen-bond acceptors (Lipinski definition) is 4. The van der Waals surface area contributed by atoms with Crippen LogP contribution in [0.2, 0.25) is 0 Å². The molecule has 1 aromatic rings. The summed E-state index contributed by atoms with van der Waals surface area (Å²) in [6, 6.07) is -0.0354. The SMILES string of the molecule is CCC(CCO)NC(=O)c1c(N)cnn1C. The summed E-state index contributed by atoms with van der Waals surface area (Å²) in [6.45, 7) is 2.01. The third kappa shape index (κ3) is 2.73. The second-order valence-corrected chi connectivity index (χ2v) is 3.66. The van der Waals surface area contributed by atoms with E-state index in [0.29, 0.717) is 17.8 Å². The molecule has 1 amide bonds. The van der Waals surface area contributed by atoms with Crippen molar-refractivity contribution in [3.63, 3.8) is 0 Å². The number of aliphatic hydroxyl groups is 1. The summed E-state index contributed by atoms with van der Waals surface area (Å²) in [5.74, 6) is -0.252. The molecule has 16 heavy (non-hydrogen) atoms. The van der Waals surface area contributed by atoms with E-state index in [1.165, 1.54) is 10.9 Å². The Kier molecular flexibility index (Phi) is 4.30. The maximum absolute atomic E-state index is 11.9. The number of hydrogen-bond donors (Lipinski definition) is 3. The first-order chi connectivity index (χ1) is 7.60. The fraction of sp³-hybridized carbons (Fsp3) is 0.600. The lowest BCUT2D eigenvalue weighted by molar-refractivity contribution is 0.0920. The fourth-order valence-electron chi connectivity index (χ4n) is 1.52. The van der Waals surface area contributed by atoms with Crippen molar-refractivity contribution in [2.24, 2.45) is 7.05 Å². The molecule has 6 nitrogen and oxygen atoms in total. The molecule has 4 N–H and O–H groups in total. The molecule has 6 heteroatoms. The highest BCUT2D eigenvalue weighted by atomic mass is 16.3. The van der Waals surface area contributed by atoms with Crippen LogP contribution in [0.3, 0.4) is 0 Å². The van der Waals surface area contributed by atoms with Gasteiger partial charge in [-0.2, -0.15) is 5.10 Å². The number of carbonyl (C=O) groups excluding carboxylic acids is 1. The van der Waals surface area contributed by atoms with Gasteiger partial charge >= 0.3 is 0 Å². The number of carbonyl (C=O) groups is 1. The number of aromatic nitrogens is 2. The summed E-state index contributed by atoms with van der Waals surface area (Å²) in [7, 11) is 1.66. The number of nitrogens with one attached hydrogen (secondary N) is 1. The summed E-state index contributed by atoms with van der Waals surface area (Å²) in [4.78, 5) is 11.9. The van der Waals surface area contributed by atoms with E-state index >= 15 is 0 Å². The van der Waals surface area contributed by atoms with Crippen molar-refractivity contribution in [2.45, 2.75) is 25.8 Å². The Labute approximate surface area is 94.4 Å². The number of rotatable bonds is 5. The van der Waals surface area contributed by atoms with Crippen LogP contribution in [0.5, 0.6) is 0 Å². The van der Waals surface area contributed by atoms with Crippen LogP contribution in [-0.2, 0) is 7.05 Å². The normalized spacial score (nSPS) is 12.4. The Hall–Kier alpha value is -1.56. The molecule has 0 saturated carbocycles. The van der Waals surface area contributed by atoms with Crippen LogP contribution in [0.4, 0.5) is 5.69 Å². The zero-order valence-corrected chi connectivity index (χ0v) is 9.60. The number of aliphatic hydroxyl groups excluding tert-OH is 1. The van der Waals surface area contributed by atoms with E-state index in [1.54, 1.807) is 7.05 Å². The first-order valence-electron chi connectivity index (χ1n) is 5.29. The summed E-state index contributed by atoms with van der Waals surface area (Å²) in [5, 5.41) is 15.5. The van der Waals surface area contributed by atoms with Crippen molar-refractivity contribution in [3.8, 4) is 0 Å². The van der Waals surface area contributed by atoms with Gasteiger partial charge in [0, 0.05) is 19.7 Å². The molecule has 0 bridgehead atoms.